The summed E-state index contributed by atoms with van der Waals surface area (Å²) in [6.45, 7) is 7.08. The molecule has 0 aliphatic rings. The number of carbonyl (C=O) groups excluding carboxylic acids is 1. The Bertz CT molecular complexity index is 172. The minimum absolute atomic E-state index is 0.000299. The Labute approximate surface area is 85.5 Å². The van der Waals surface area contributed by atoms with Crippen LogP contribution in [0.3, 0.4) is 0 Å². The third-order valence-electron chi connectivity index (χ3n) is 1.90. The van der Waals surface area contributed by atoms with E-state index in [4.69, 9.17) is 10.5 Å². The van der Waals surface area contributed by atoms with Crippen molar-refractivity contribution in [3.05, 3.63) is 12.8 Å². The van der Waals surface area contributed by atoms with Crippen molar-refractivity contribution < 1.29 is 9.53 Å². The number of carbonyl (C=O) groups is 1. The van der Waals surface area contributed by atoms with Gasteiger partial charge in [0.05, 0.1) is 12.9 Å². The third-order valence-corrected chi connectivity index (χ3v) is 1.90. The molecule has 0 spiro atoms. The molecule has 0 aliphatic heterocycles. The molecule has 0 rings (SSSR count). The molecule has 0 saturated carbocycles. The van der Waals surface area contributed by atoms with Crippen molar-refractivity contribution >= 4 is 5.91 Å². The molecule has 0 heterocycles. The maximum atomic E-state index is 11.3. The van der Waals surface area contributed by atoms with Crippen LogP contribution in [0.5, 0.6) is 0 Å². The number of nitrogens with one attached hydrogen (secondary N) is 1. The molecule has 3 N–H and O–H groups in total. The van der Waals surface area contributed by atoms with Crippen LogP contribution >= 0.6 is 0 Å². The SMILES string of the molecule is C=COCCCNC(=O)C(C)CCN. The highest BCUT2D eigenvalue weighted by Gasteiger charge is 2.10. The second-order valence-electron chi connectivity index (χ2n) is 3.16. The average Bonchev–Trinajstić information content (AvgIpc) is 2.17. The Morgan fingerprint density at radius 1 is 1.71 bits per heavy atom. The molecule has 0 bridgehead atoms. The van der Waals surface area contributed by atoms with Crippen molar-refractivity contribution in [1.82, 2.24) is 5.32 Å². The van der Waals surface area contributed by atoms with Gasteiger partial charge in [0.2, 0.25) is 5.91 Å². The van der Waals surface area contributed by atoms with E-state index in [1.54, 1.807) is 0 Å². The highest BCUT2D eigenvalue weighted by molar-refractivity contribution is 5.78. The van der Waals surface area contributed by atoms with Crippen LogP contribution in [0.4, 0.5) is 0 Å². The van der Waals surface area contributed by atoms with Crippen molar-refractivity contribution in [1.29, 1.82) is 0 Å². The molecule has 0 aromatic rings. The van der Waals surface area contributed by atoms with Crippen LogP contribution < -0.4 is 11.1 Å². The molecule has 0 fully saturated rings. The summed E-state index contributed by atoms with van der Waals surface area (Å²) >= 11 is 0. The average molecular weight is 200 g/mol. The summed E-state index contributed by atoms with van der Waals surface area (Å²) in [4.78, 5) is 11.3. The smallest absolute Gasteiger partial charge is 0.222 e. The molecule has 1 atom stereocenters. The molecule has 1 unspecified atom stereocenters. The Morgan fingerprint density at radius 2 is 2.43 bits per heavy atom. The number of amides is 1. The van der Waals surface area contributed by atoms with Crippen molar-refractivity contribution in [2.75, 3.05) is 19.7 Å². The van der Waals surface area contributed by atoms with Gasteiger partial charge in [0.1, 0.15) is 0 Å². The zero-order chi connectivity index (χ0) is 10.8. The fraction of sp³-hybridized carbons (Fsp3) is 0.700. The van der Waals surface area contributed by atoms with Crippen LogP contribution in [0.1, 0.15) is 19.8 Å². The van der Waals surface area contributed by atoms with Crippen LogP contribution in [0.2, 0.25) is 0 Å². The zero-order valence-corrected chi connectivity index (χ0v) is 8.79. The summed E-state index contributed by atoms with van der Waals surface area (Å²) in [5.41, 5.74) is 5.35. The fourth-order valence-corrected chi connectivity index (χ4v) is 1.01. The lowest BCUT2D eigenvalue weighted by molar-refractivity contribution is -0.124. The highest BCUT2D eigenvalue weighted by Crippen LogP contribution is 1.99. The van der Waals surface area contributed by atoms with Crippen molar-refractivity contribution in [3.8, 4) is 0 Å². The van der Waals surface area contributed by atoms with Gasteiger partial charge in [-0.1, -0.05) is 13.5 Å². The van der Waals surface area contributed by atoms with Crippen LogP contribution in [0, 0.1) is 5.92 Å². The Hall–Kier alpha value is -1.03. The van der Waals surface area contributed by atoms with E-state index >= 15 is 0 Å². The summed E-state index contributed by atoms with van der Waals surface area (Å²) in [7, 11) is 0. The van der Waals surface area contributed by atoms with E-state index in [9.17, 15) is 4.79 Å². The first-order valence-electron chi connectivity index (χ1n) is 4.92. The van der Waals surface area contributed by atoms with Crippen molar-refractivity contribution in [2.45, 2.75) is 19.8 Å². The Morgan fingerprint density at radius 3 is 3.00 bits per heavy atom. The first-order chi connectivity index (χ1) is 6.72. The lowest BCUT2D eigenvalue weighted by Gasteiger charge is -2.10. The minimum Gasteiger partial charge on any atom is -0.502 e. The topological polar surface area (TPSA) is 64.3 Å². The number of hydrogen-bond acceptors (Lipinski definition) is 3. The highest BCUT2D eigenvalue weighted by atomic mass is 16.5. The molecule has 14 heavy (non-hydrogen) atoms. The van der Waals surface area contributed by atoms with E-state index in [2.05, 4.69) is 11.9 Å². The molecule has 4 heteroatoms. The van der Waals surface area contributed by atoms with E-state index in [1.165, 1.54) is 6.26 Å². The quantitative estimate of drug-likeness (QED) is 0.446. The van der Waals surface area contributed by atoms with Gasteiger partial charge in [-0.05, 0) is 19.4 Å². The number of ether oxygens (including phenoxy) is 1. The van der Waals surface area contributed by atoms with Gasteiger partial charge in [0.25, 0.3) is 0 Å². The molecule has 1 amide bonds. The van der Waals surface area contributed by atoms with E-state index < -0.39 is 0 Å². The minimum atomic E-state index is 0.000299. The summed E-state index contributed by atoms with van der Waals surface area (Å²) in [5.74, 6) is 0.0642. The largest absolute Gasteiger partial charge is 0.502 e. The van der Waals surface area contributed by atoms with Gasteiger partial charge in [0.15, 0.2) is 0 Å². The molecule has 0 saturated heterocycles. The first kappa shape index (κ1) is 13.0. The van der Waals surface area contributed by atoms with Crippen LogP contribution in [-0.2, 0) is 9.53 Å². The standard InChI is InChI=1S/C10H20N2O2/c1-3-14-8-4-7-12-10(13)9(2)5-6-11/h3,9H,1,4-8,11H2,2H3,(H,12,13). The number of hydrogen-bond donors (Lipinski definition) is 2. The van der Waals surface area contributed by atoms with E-state index in [-0.39, 0.29) is 11.8 Å². The van der Waals surface area contributed by atoms with Gasteiger partial charge in [-0.3, -0.25) is 4.79 Å². The summed E-state index contributed by atoms with van der Waals surface area (Å²) < 4.78 is 4.92. The number of nitrogens with two attached hydrogens (primary N) is 1. The maximum Gasteiger partial charge on any atom is 0.222 e. The van der Waals surface area contributed by atoms with Crippen molar-refractivity contribution in [3.63, 3.8) is 0 Å². The van der Waals surface area contributed by atoms with E-state index in [1.807, 2.05) is 6.92 Å². The lowest BCUT2D eigenvalue weighted by atomic mass is 10.1. The van der Waals surface area contributed by atoms with Gasteiger partial charge in [-0.15, -0.1) is 0 Å². The van der Waals surface area contributed by atoms with Gasteiger partial charge >= 0.3 is 0 Å². The summed E-state index contributed by atoms with van der Waals surface area (Å²) in [6, 6.07) is 0. The Balaban J connectivity index is 3.38. The predicted molar refractivity (Wildman–Crippen MR) is 56.6 cm³/mol. The van der Waals surface area contributed by atoms with Crippen LogP contribution in [-0.4, -0.2) is 25.6 Å². The Kier molecular flexibility index (Phi) is 7.93. The van der Waals surface area contributed by atoms with Crippen LogP contribution in [0.25, 0.3) is 0 Å². The molecular formula is C10H20N2O2. The van der Waals surface area contributed by atoms with E-state index in [0.29, 0.717) is 19.7 Å². The molecule has 0 radical (unpaired) electrons. The normalized spacial score (nSPS) is 11.9. The first-order valence-corrected chi connectivity index (χ1v) is 4.92. The molecule has 0 aromatic carbocycles. The number of rotatable bonds is 8. The maximum absolute atomic E-state index is 11.3. The second kappa shape index (κ2) is 8.56. The third kappa shape index (κ3) is 6.48. The summed E-state index contributed by atoms with van der Waals surface area (Å²) in [5, 5.41) is 2.82. The van der Waals surface area contributed by atoms with Gasteiger partial charge < -0.3 is 15.8 Å². The van der Waals surface area contributed by atoms with E-state index in [0.717, 1.165) is 12.8 Å². The predicted octanol–water partition coefficient (Wildman–Crippen LogP) is 0.638. The van der Waals surface area contributed by atoms with Crippen molar-refractivity contribution in [2.24, 2.45) is 11.7 Å². The zero-order valence-electron chi connectivity index (χ0n) is 8.79. The molecule has 4 nitrogen and oxygen atoms in total. The summed E-state index contributed by atoms with van der Waals surface area (Å²) in [6.07, 6.45) is 2.93. The second-order valence-corrected chi connectivity index (χ2v) is 3.16. The molecule has 0 aliphatic carbocycles. The fourth-order valence-electron chi connectivity index (χ4n) is 1.01. The lowest BCUT2D eigenvalue weighted by Crippen LogP contribution is -2.31. The monoisotopic (exact) mass is 200 g/mol. The van der Waals surface area contributed by atoms with Gasteiger partial charge in [0, 0.05) is 12.5 Å². The van der Waals surface area contributed by atoms with Gasteiger partial charge in [-0.25, -0.2) is 0 Å². The van der Waals surface area contributed by atoms with Crippen LogP contribution in [0.15, 0.2) is 12.8 Å². The van der Waals surface area contributed by atoms with Gasteiger partial charge in [-0.2, -0.15) is 0 Å². The molecule has 0 aromatic heterocycles. The molecular weight excluding hydrogens is 180 g/mol. The molecule has 82 valence electrons.